The van der Waals surface area contributed by atoms with Crippen LogP contribution in [0.3, 0.4) is 0 Å². The molecule has 0 atom stereocenters. The van der Waals surface area contributed by atoms with Gasteiger partial charge in [0.15, 0.2) is 14.6 Å². The van der Waals surface area contributed by atoms with E-state index < -0.39 is 20.5 Å². The second-order valence-corrected chi connectivity index (χ2v) is 8.59. The lowest BCUT2D eigenvalue weighted by molar-refractivity contribution is -0.124. The van der Waals surface area contributed by atoms with Crippen molar-refractivity contribution in [1.29, 1.82) is 0 Å². The fourth-order valence-corrected chi connectivity index (χ4v) is 4.33. The van der Waals surface area contributed by atoms with Crippen LogP contribution in [0.25, 0.3) is 0 Å². The van der Waals surface area contributed by atoms with Crippen molar-refractivity contribution in [3.05, 3.63) is 29.8 Å². The molecular weight excluding hydrogens is 358 g/mol. The van der Waals surface area contributed by atoms with Gasteiger partial charge in [-0.25, -0.2) is 8.42 Å². The van der Waals surface area contributed by atoms with Crippen molar-refractivity contribution in [2.24, 2.45) is 0 Å². The molecule has 1 heterocycles. The summed E-state index contributed by atoms with van der Waals surface area (Å²) in [4.78, 5) is 24.6. The molecule has 2 amide bonds. The molecule has 0 aromatic heterocycles. The maximum Gasteiger partial charge on any atom is 0.251 e. The van der Waals surface area contributed by atoms with E-state index >= 15 is 0 Å². The molecule has 1 aliphatic rings. The number of rotatable bonds is 7. The molecule has 0 aliphatic carbocycles. The van der Waals surface area contributed by atoms with Gasteiger partial charge >= 0.3 is 0 Å². The molecule has 1 aromatic carbocycles. The summed E-state index contributed by atoms with van der Waals surface area (Å²) in [5.74, 6) is -0.220. The van der Waals surface area contributed by atoms with E-state index in [1.807, 2.05) is 0 Å². The summed E-state index contributed by atoms with van der Waals surface area (Å²) in [5.41, 5.74) is 0.446. The predicted molar refractivity (Wildman–Crippen MR) is 98.0 cm³/mol. The summed E-state index contributed by atoms with van der Waals surface area (Å²) in [5, 5.41) is 8.40. The number of sulfone groups is 1. The fraction of sp³-hybridized carbons (Fsp3) is 0.529. The van der Waals surface area contributed by atoms with Crippen LogP contribution in [0.1, 0.15) is 23.2 Å². The molecule has 144 valence electrons. The summed E-state index contributed by atoms with van der Waals surface area (Å²) in [6.07, 6.45) is 1.59. The Balaban J connectivity index is 1.88. The van der Waals surface area contributed by atoms with Gasteiger partial charge in [0.25, 0.3) is 5.91 Å². The Hall–Kier alpha value is -2.13. The van der Waals surface area contributed by atoms with Gasteiger partial charge in [-0.15, -0.1) is 0 Å². The molecule has 3 N–H and O–H groups in total. The lowest BCUT2D eigenvalue weighted by Gasteiger charge is -2.34. The molecule has 0 radical (unpaired) electrons. The molecule has 2 rings (SSSR count). The van der Waals surface area contributed by atoms with Crippen LogP contribution in [0.2, 0.25) is 0 Å². The third kappa shape index (κ3) is 4.53. The van der Waals surface area contributed by atoms with Gasteiger partial charge in [0, 0.05) is 24.9 Å². The number of methoxy groups -OCH3 is 1. The van der Waals surface area contributed by atoms with Crippen molar-refractivity contribution in [2.75, 3.05) is 39.5 Å². The Morgan fingerprint density at radius 1 is 1.19 bits per heavy atom. The number of amides is 2. The average molecular weight is 383 g/mol. The van der Waals surface area contributed by atoms with Crippen molar-refractivity contribution >= 4 is 21.7 Å². The van der Waals surface area contributed by atoms with Crippen LogP contribution in [-0.4, -0.2) is 64.5 Å². The van der Waals surface area contributed by atoms with E-state index in [0.717, 1.165) is 6.26 Å². The Labute approximate surface area is 153 Å². The van der Waals surface area contributed by atoms with Gasteiger partial charge < -0.3 is 20.7 Å². The van der Waals surface area contributed by atoms with Crippen LogP contribution < -0.4 is 20.7 Å². The normalized spacial score (nSPS) is 16.5. The number of ether oxygens (including phenoxy) is 1. The molecule has 1 aliphatic heterocycles. The van der Waals surface area contributed by atoms with E-state index in [2.05, 4.69) is 16.0 Å². The summed E-state index contributed by atoms with van der Waals surface area (Å²) < 4.78 is 28.0. The number of carbonyl (C=O) groups excluding carboxylic acids is 2. The van der Waals surface area contributed by atoms with Crippen molar-refractivity contribution in [2.45, 2.75) is 17.6 Å². The number of nitrogens with one attached hydrogen (secondary N) is 3. The minimum atomic E-state index is -3.54. The van der Waals surface area contributed by atoms with Crippen LogP contribution in [0, 0.1) is 0 Å². The Morgan fingerprint density at radius 2 is 1.85 bits per heavy atom. The molecule has 0 bridgehead atoms. The van der Waals surface area contributed by atoms with Gasteiger partial charge in [0.1, 0.15) is 5.75 Å². The van der Waals surface area contributed by atoms with E-state index in [-0.39, 0.29) is 31.8 Å². The van der Waals surface area contributed by atoms with Gasteiger partial charge in [0.05, 0.1) is 7.11 Å². The second-order valence-electron chi connectivity index (χ2n) is 6.26. The molecule has 0 unspecified atom stereocenters. The maximum atomic E-state index is 12.5. The van der Waals surface area contributed by atoms with Crippen LogP contribution in [0.5, 0.6) is 5.75 Å². The zero-order valence-corrected chi connectivity index (χ0v) is 15.8. The van der Waals surface area contributed by atoms with Crippen LogP contribution >= 0.6 is 0 Å². The first-order valence-electron chi connectivity index (χ1n) is 8.41. The molecule has 1 fully saturated rings. The minimum absolute atomic E-state index is 0.152. The Kier molecular flexibility index (Phi) is 6.60. The zero-order chi connectivity index (χ0) is 19.2. The lowest BCUT2D eigenvalue weighted by Crippen LogP contribution is -2.57. The van der Waals surface area contributed by atoms with E-state index in [0.29, 0.717) is 24.4 Å². The summed E-state index contributed by atoms with van der Waals surface area (Å²) in [7, 11) is -2.03. The first kappa shape index (κ1) is 20.2. The quantitative estimate of drug-likeness (QED) is 0.558. The smallest absolute Gasteiger partial charge is 0.251 e. The number of benzene rings is 1. The fourth-order valence-electron chi connectivity index (χ4n) is 2.98. The van der Waals surface area contributed by atoms with Gasteiger partial charge in [-0.05, 0) is 44.1 Å². The third-order valence-corrected chi connectivity index (χ3v) is 6.58. The highest BCUT2D eigenvalue weighted by molar-refractivity contribution is 7.92. The van der Waals surface area contributed by atoms with Gasteiger partial charge in [-0.1, -0.05) is 6.07 Å². The second kappa shape index (κ2) is 8.50. The first-order valence-corrected chi connectivity index (χ1v) is 10.3. The lowest BCUT2D eigenvalue weighted by atomic mass is 9.96. The standard InChI is InChI=1S/C17H25N3O5S/c1-25-14-5-3-4-13(12-14)15(21)19-10-11-20-16(22)17(26(2,23)24)6-8-18-9-7-17/h3-5,12,18H,6-11H2,1-2H3,(H,19,21)(H,20,22). The Morgan fingerprint density at radius 3 is 2.46 bits per heavy atom. The van der Waals surface area contributed by atoms with Crippen molar-refractivity contribution < 1.29 is 22.7 Å². The van der Waals surface area contributed by atoms with Crippen LogP contribution in [-0.2, 0) is 14.6 Å². The van der Waals surface area contributed by atoms with E-state index in [1.165, 1.54) is 7.11 Å². The molecule has 8 nitrogen and oxygen atoms in total. The first-order chi connectivity index (χ1) is 12.3. The maximum absolute atomic E-state index is 12.5. The molecule has 1 aromatic rings. The predicted octanol–water partition coefficient (Wildman–Crippen LogP) is -0.292. The highest BCUT2D eigenvalue weighted by atomic mass is 32.2. The van der Waals surface area contributed by atoms with Gasteiger partial charge in [0.2, 0.25) is 5.91 Å². The van der Waals surface area contributed by atoms with Crippen LogP contribution in [0.15, 0.2) is 24.3 Å². The number of carbonyl (C=O) groups is 2. The summed E-state index contributed by atoms with van der Waals surface area (Å²) >= 11 is 0. The molecule has 26 heavy (non-hydrogen) atoms. The third-order valence-electron chi connectivity index (χ3n) is 4.56. The van der Waals surface area contributed by atoms with E-state index in [9.17, 15) is 18.0 Å². The summed E-state index contributed by atoms with van der Waals surface area (Å²) in [6.45, 7) is 1.30. The molecule has 0 spiro atoms. The average Bonchev–Trinajstić information content (AvgIpc) is 2.64. The number of piperidine rings is 1. The highest BCUT2D eigenvalue weighted by Gasteiger charge is 2.48. The van der Waals surface area contributed by atoms with Crippen molar-refractivity contribution in [1.82, 2.24) is 16.0 Å². The monoisotopic (exact) mass is 383 g/mol. The van der Waals surface area contributed by atoms with Crippen LogP contribution in [0.4, 0.5) is 0 Å². The SMILES string of the molecule is COc1cccc(C(=O)NCCNC(=O)C2(S(C)(=O)=O)CCNCC2)c1. The van der Waals surface area contributed by atoms with E-state index in [1.54, 1.807) is 24.3 Å². The molecule has 9 heteroatoms. The van der Waals surface area contributed by atoms with E-state index in [4.69, 9.17) is 4.74 Å². The largest absolute Gasteiger partial charge is 0.497 e. The van der Waals surface area contributed by atoms with Crippen molar-refractivity contribution in [3.63, 3.8) is 0 Å². The molecule has 0 saturated carbocycles. The summed E-state index contributed by atoms with van der Waals surface area (Å²) in [6, 6.07) is 6.72. The Bertz CT molecular complexity index is 757. The number of hydrogen-bond acceptors (Lipinski definition) is 6. The van der Waals surface area contributed by atoms with Crippen molar-refractivity contribution in [3.8, 4) is 5.75 Å². The molecular formula is C17H25N3O5S. The van der Waals surface area contributed by atoms with Gasteiger partial charge in [-0.3, -0.25) is 9.59 Å². The highest BCUT2D eigenvalue weighted by Crippen LogP contribution is 2.27. The topological polar surface area (TPSA) is 114 Å². The van der Waals surface area contributed by atoms with Gasteiger partial charge in [-0.2, -0.15) is 0 Å². The minimum Gasteiger partial charge on any atom is -0.497 e. The zero-order valence-electron chi connectivity index (χ0n) is 15.0. The molecule has 1 saturated heterocycles. The number of hydrogen-bond donors (Lipinski definition) is 3.